The maximum atomic E-state index is 5.60. The lowest BCUT2D eigenvalue weighted by Gasteiger charge is -2.10. The molecule has 0 aliphatic carbocycles. The number of anilines is 1. The monoisotopic (exact) mass is 305 g/mol. The minimum Gasteiger partial charge on any atom is -0.494 e. The van der Waals surface area contributed by atoms with Gasteiger partial charge in [0.05, 0.1) is 6.61 Å². The van der Waals surface area contributed by atoms with Gasteiger partial charge in [0.25, 0.3) is 0 Å². The van der Waals surface area contributed by atoms with Crippen molar-refractivity contribution in [3.8, 4) is 5.75 Å². The van der Waals surface area contributed by atoms with Crippen LogP contribution in [0.15, 0.2) is 66.7 Å². The molecule has 0 saturated carbocycles. The van der Waals surface area contributed by atoms with Crippen LogP contribution in [-0.2, 0) is 6.42 Å². The van der Waals surface area contributed by atoms with E-state index in [9.17, 15) is 0 Å². The molecular formula is C21H23NO. The van der Waals surface area contributed by atoms with Crippen LogP contribution in [0.1, 0.15) is 18.9 Å². The number of benzene rings is 3. The highest BCUT2D eigenvalue weighted by molar-refractivity contribution is 5.85. The van der Waals surface area contributed by atoms with Crippen LogP contribution in [0.25, 0.3) is 10.8 Å². The molecule has 0 aromatic heterocycles. The Kier molecular flexibility index (Phi) is 5.15. The lowest BCUT2D eigenvalue weighted by atomic mass is 10.0. The fourth-order valence-corrected chi connectivity index (χ4v) is 2.74. The second-order valence-electron chi connectivity index (χ2n) is 5.69. The zero-order chi connectivity index (χ0) is 15.9. The molecule has 2 heteroatoms. The van der Waals surface area contributed by atoms with E-state index in [1.807, 2.05) is 12.1 Å². The zero-order valence-corrected chi connectivity index (χ0v) is 13.6. The minimum atomic E-state index is 0.772. The second kappa shape index (κ2) is 7.68. The van der Waals surface area contributed by atoms with E-state index in [1.54, 1.807) is 0 Å². The molecule has 0 heterocycles. The first-order valence-electron chi connectivity index (χ1n) is 8.30. The third-order valence-corrected chi connectivity index (χ3v) is 3.93. The van der Waals surface area contributed by atoms with Gasteiger partial charge in [-0.25, -0.2) is 0 Å². The first-order chi connectivity index (χ1) is 11.4. The van der Waals surface area contributed by atoms with Gasteiger partial charge in [-0.3, -0.25) is 0 Å². The maximum absolute atomic E-state index is 5.60. The Bertz CT molecular complexity index is 744. The Labute approximate surface area is 138 Å². The first-order valence-corrected chi connectivity index (χ1v) is 8.30. The molecule has 0 amide bonds. The number of ether oxygens (including phenoxy) is 1. The molecule has 0 aliphatic heterocycles. The van der Waals surface area contributed by atoms with E-state index in [4.69, 9.17) is 4.74 Å². The summed E-state index contributed by atoms with van der Waals surface area (Å²) in [7, 11) is 0. The van der Waals surface area contributed by atoms with Gasteiger partial charge in [0, 0.05) is 12.2 Å². The number of nitrogens with one attached hydrogen (secondary N) is 1. The molecule has 0 atom stereocenters. The normalized spacial score (nSPS) is 10.7. The van der Waals surface area contributed by atoms with Crippen molar-refractivity contribution in [1.29, 1.82) is 0 Å². The Hall–Kier alpha value is -2.48. The highest BCUT2D eigenvalue weighted by Crippen LogP contribution is 2.20. The highest BCUT2D eigenvalue weighted by atomic mass is 16.5. The molecule has 23 heavy (non-hydrogen) atoms. The van der Waals surface area contributed by atoms with Gasteiger partial charge < -0.3 is 10.1 Å². The van der Waals surface area contributed by atoms with Gasteiger partial charge in [-0.1, -0.05) is 49.4 Å². The smallest absolute Gasteiger partial charge is 0.119 e. The predicted octanol–water partition coefficient (Wildman–Crippen LogP) is 5.28. The van der Waals surface area contributed by atoms with Gasteiger partial charge in [-0.05, 0) is 53.4 Å². The van der Waals surface area contributed by atoms with E-state index in [-0.39, 0.29) is 0 Å². The van der Waals surface area contributed by atoms with E-state index in [2.05, 4.69) is 66.8 Å². The molecule has 0 radical (unpaired) electrons. The zero-order valence-electron chi connectivity index (χ0n) is 13.6. The Balaban J connectivity index is 1.58. The number of fused-ring (bicyclic) bond motifs is 1. The minimum absolute atomic E-state index is 0.772. The molecule has 0 unspecified atom stereocenters. The summed E-state index contributed by atoms with van der Waals surface area (Å²) in [6, 6.07) is 23.3. The van der Waals surface area contributed by atoms with E-state index >= 15 is 0 Å². The lowest BCUT2D eigenvalue weighted by Crippen LogP contribution is -2.05. The van der Waals surface area contributed by atoms with Crippen LogP contribution in [0.3, 0.4) is 0 Å². The van der Waals surface area contributed by atoms with Crippen LogP contribution in [0.4, 0.5) is 5.69 Å². The summed E-state index contributed by atoms with van der Waals surface area (Å²) in [4.78, 5) is 0. The molecular weight excluding hydrogens is 282 g/mol. The predicted molar refractivity (Wildman–Crippen MR) is 98.4 cm³/mol. The summed E-state index contributed by atoms with van der Waals surface area (Å²) < 4.78 is 5.60. The molecule has 3 aromatic rings. The highest BCUT2D eigenvalue weighted by Gasteiger charge is 2.00. The van der Waals surface area contributed by atoms with E-state index in [0.717, 1.165) is 37.4 Å². The lowest BCUT2D eigenvalue weighted by molar-refractivity contribution is 0.317. The van der Waals surface area contributed by atoms with Crippen molar-refractivity contribution in [3.05, 3.63) is 72.3 Å². The van der Waals surface area contributed by atoms with E-state index in [0.29, 0.717) is 0 Å². The fraction of sp³-hybridized carbons (Fsp3) is 0.238. The van der Waals surface area contributed by atoms with Gasteiger partial charge in [0.1, 0.15) is 5.75 Å². The van der Waals surface area contributed by atoms with Crippen LogP contribution in [0.5, 0.6) is 5.75 Å². The van der Waals surface area contributed by atoms with Crippen molar-refractivity contribution in [2.75, 3.05) is 18.5 Å². The molecule has 0 spiro atoms. The second-order valence-corrected chi connectivity index (χ2v) is 5.69. The standard InChI is InChI=1S/C21H23NO/c1-2-16-23-20-12-10-19(11-13-20)22-15-14-18-8-5-7-17-6-3-4-9-21(17)18/h3-13,22H,2,14-16H2,1H3. The average Bonchev–Trinajstić information content (AvgIpc) is 2.61. The summed E-state index contributed by atoms with van der Waals surface area (Å²) in [6.45, 7) is 3.81. The summed E-state index contributed by atoms with van der Waals surface area (Å²) in [5.74, 6) is 0.937. The van der Waals surface area contributed by atoms with Crippen LogP contribution >= 0.6 is 0 Å². The Morgan fingerprint density at radius 2 is 1.65 bits per heavy atom. The Morgan fingerprint density at radius 3 is 2.48 bits per heavy atom. The van der Waals surface area contributed by atoms with Gasteiger partial charge >= 0.3 is 0 Å². The molecule has 3 rings (SSSR count). The average molecular weight is 305 g/mol. The number of rotatable bonds is 7. The van der Waals surface area contributed by atoms with Crippen LogP contribution in [-0.4, -0.2) is 13.2 Å². The molecule has 0 saturated heterocycles. The summed E-state index contributed by atoms with van der Waals surface area (Å²) in [6.07, 6.45) is 2.04. The van der Waals surface area contributed by atoms with Gasteiger partial charge in [-0.2, -0.15) is 0 Å². The molecule has 0 aliphatic rings. The molecule has 118 valence electrons. The molecule has 1 N–H and O–H groups in total. The van der Waals surface area contributed by atoms with Crippen LogP contribution in [0.2, 0.25) is 0 Å². The third kappa shape index (κ3) is 4.04. The number of hydrogen-bond donors (Lipinski definition) is 1. The van der Waals surface area contributed by atoms with Crippen molar-refractivity contribution in [3.63, 3.8) is 0 Å². The van der Waals surface area contributed by atoms with Gasteiger partial charge in [0.2, 0.25) is 0 Å². The van der Waals surface area contributed by atoms with Crippen LogP contribution < -0.4 is 10.1 Å². The van der Waals surface area contributed by atoms with Crippen molar-refractivity contribution < 1.29 is 4.74 Å². The van der Waals surface area contributed by atoms with Crippen LogP contribution in [0, 0.1) is 0 Å². The molecule has 0 fully saturated rings. The van der Waals surface area contributed by atoms with E-state index in [1.165, 1.54) is 16.3 Å². The fourth-order valence-electron chi connectivity index (χ4n) is 2.74. The maximum Gasteiger partial charge on any atom is 0.119 e. The van der Waals surface area contributed by atoms with Gasteiger partial charge in [-0.15, -0.1) is 0 Å². The van der Waals surface area contributed by atoms with Gasteiger partial charge in [0.15, 0.2) is 0 Å². The van der Waals surface area contributed by atoms with Crippen molar-refractivity contribution >= 4 is 16.5 Å². The summed E-state index contributed by atoms with van der Waals surface area (Å²) in [5.41, 5.74) is 2.52. The molecule has 3 aromatic carbocycles. The quantitative estimate of drug-likeness (QED) is 0.641. The summed E-state index contributed by atoms with van der Waals surface area (Å²) in [5, 5.41) is 6.14. The SMILES string of the molecule is CCCOc1ccc(NCCc2cccc3ccccc23)cc1. The van der Waals surface area contributed by atoms with Crippen molar-refractivity contribution in [2.45, 2.75) is 19.8 Å². The third-order valence-electron chi connectivity index (χ3n) is 3.93. The van der Waals surface area contributed by atoms with E-state index < -0.39 is 0 Å². The number of hydrogen-bond acceptors (Lipinski definition) is 2. The van der Waals surface area contributed by atoms with Crippen molar-refractivity contribution in [1.82, 2.24) is 0 Å². The molecule has 2 nitrogen and oxygen atoms in total. The Morgan fingerprint density at radius 1 is 0.870 bits per heavy atom. The molecule has 0 bridgehead atoms. The van der Waals surface area contributed by atoms with Crippen molar-refractivity contribution in [2.24, 2.45) is 0 Å². The largest absolute Gasteiger partial charge is 0.494 e. The topological polar surface area (TPSA) is 21.3 Å². The summed E-state index contributed by atoms with van der Waals surface area (Å²) >= 11 is 0. The first kappa shape index (κ1) is 15.4.